The van der Waals surface area contributed by atoms with E-state index in [1.54, 1.807) is 0 Å². The summed E-state index contributed by atoms with van der Waals surface area (Å²) in [5.74, 6) is -2.83. The van der Waals surface area contributed by atoms with Crippen LogP contribution in [0, 0.1) is 5.92 Å². The van der Waals surface area contributed by atoms with Crippen LogP contribution in [-0.4, -0.2) is 53.5 Å². The molecule has 0 unspecified atom stereocenters. The van der Waals surface area contributed by atoms with Gasteiger partial charge < -0.3 is 26.8 Å². The summed E-state index contributed by atoms with van der Waals surface area (Å²) >= 11 is 0. The number of amides is 3. The minimum atomic E-state index is -1.18. The first-order valence-corrected chi connectivity index (χ1v) is 7.45. The highest BCUT2D eigenvalue weighted by molar-refractivity contribution is 5.92. The third-order valence-electron chi connectivity index (χ3n) is 3.48. The summed E-state index contributed by atoms with van der Waals surface area (Å²) < 4.78 is 0. The van der Waals surface area contributed by atoms with E-state index in [1.807, 2.05) is 13.8 Å². The van der Waals surface area contributed by atoms with Crippen molar-refractivity contribution in [2.75, 3.05) is 6.54 Å². The molecular weight excluding hydrogens is 304 g/mol. The van der Waals surface area contributed by atoms with Crippen molar-refractivity contribution in [3.05, 3.63) is 0 Å². The second kappa shape index (κ2) is 9.78. The van der Waals surface area contributed by atoms with Gasteiger partial charge in [-0.25, -0.2) is 0 Å². The number of nitrogens with two attached hydrogens (primary N) is 1. The number of carbonyl (C=O) groups excluding carboxylic acids is 3. The average Bonchev–Trinajstić information content (AvgIpc) is 2.50. The Morgan fingerprint density at radius 1 is 1.00 bits per heavy atom. The SMILES string of the molecule is CC[C@H](C)[C@H](N)C(=O)NCC(=O)N[C@@H](C)C(=O)N[C@@H](C)C(=O)O. The smallest absolute Gasteiger partial charge is 0.325 e. The van der Waals surface area contributed by atoms with Gasteiger partial charge in [-0.15, -0.1) is 0 Å². The van der Waals surface area contributed by atoms with E-state index in [2.05, 4.69) is 16.0 Å². The number of aliphatic carboxylic acids is 1. The van der Waals surface area contributed by atoms with Crippen LogP contribution in [0.1, 0.15) is 34.1 Å². The van der Waals surface area contributed by atoms with Crippen LogP contribution < -0.4 is 21.7 Å². The van der Waals surface area contributed by atoms with Crippen molar-refractivity contribution in [1.82, 2.24) is 16.0 Å². The number of carboxylic acid groups (broad SMARTS) is 1. The zero-order valence-corrected chi connectivity index (χ0v) is 13.9. The Morgan fingerprint density at radius 3 is 2.04 bits per heavy atom. The molecule has 9 nitrogen and oxygen atoms in total. The molecule has 0 rings (SSSR count). The van der Waals surface area contributed by atoms with Gasteiger partial charge in [0.25, 0.3) is 0 Å². The number of hydrogen-bond donors (Lipinski definition) is 5. The second-order valence-electron chi connectivity index (χ2n) is 5.49. The first-order chi connectivity index (χ1) is 10.6. The van der Waals surface area contributed by atoms with Crippen molar-refractivity contribution in [3.63, 3.8) is 0 Å². The van der Waals surface area contributed by atoms with E-state index in [0.717, 1.165) is 6.42 Å². The van der Waals surface area contributed by atoms with Gasteiger partial charge in [0.2, 0.25) is 17.7 Å². The van der Waals surface area contributed by atoms with Crippen LogP contribution in [0.5, 0.6) is 0 Å². The minimum absolute atomic E-state index is 0.0136. The molecule has 0 aliphatic heterocycles. The van der Waals surface area contributed by atoms with Crippen molar-refractivity contribution in [1.29, 1.82) is 0 Å². The summed E-state index contributed by atoms with van der Waals surface area (Å²) in [6.45, 7) is 6.15. The standard InChI is InChI=1S/C14H26N4O5/c1-5-7(2)11(15)13(21)16-6-10(19)17-8(3)12(20)18-9(4)14(22)23/h7-9,11H,5-6,15H2,1-4H3,(H,16,21)(H,17,19)(H,18,20)(H,22,23)/t7-,8-,9-,11-/m0/s1. The Labute approximate surface area is 135 Å². The molecule has 0 aromatic rings. The molecule has 4 atom stereocenters. The van der Waals surface area contributed by atoms with Gasteiger partial charge in [-0.3, -0.25) is 19.2 Å². The highest BCUT2D eigenvalue weighted by Crippen LogP contribution is 2.04. The Bertz CT molecular complexity index is 454. The lowest BCUT2D eigenvalue weighted by atomic mass is 9.99. The van der Waals surface area contributed by atoms with Crippen LogP contribution in [0.15, 0.2) is 0 Å². The zero-order chi connectivity index (χ0) is 18.2. The quantitative estimate of drug-likeness (QED) is 0.350. The van der Waals surface area contributed by atoms with Crippen LogP contribution >= 0.6 is 0 Å². The number of nitrogens with one attached hydrogen (secondary N) is 3. The fourth-order valence-electron chi connectivity index (χ4n) is 1.56. The molecule has 0 aliphatic rings. The molecule has 0 spiro atoms. The Balaban J connectivity index is 4.26. The van der Waals surface area contributed by atoms with Gasteiger partial charge in [0.15, 0.2) is 0 Å². The molecule has 0 heterocycles. The van der Waals surface area contributed by atoms with Crippen LogP contribution in [-0.2, 0) is 19.2 Å². The summed E-state index contributed by atoms with van der Waals surface area (Å²) in [5.41, 5.74) is 5.73. The first kappa shape index (κ1) is 20.8. The summed E-state index contributed by atoms with van der Waals surface area (Å²) in [6.07, 6.45) is 0.736. The van der Waals surface area contributed by atoms with E-state index in [9.17, 15) is 19.2 Å². The number of hydrogen-bond acceptors (Lipinski definition) is 5. The van der Waals surface area contributed by atoms with Gasteiger partial charge in [-0.2, -0.15) is 0 Å². The number of carboxylic acids is 1. The maximum atomic E-state index is 11.7. The van der Waals surface area contributed by atoms with Crippen LogP contribution in [0.3, 0.4) is 0 Å². The third-order valence-corrected chi connectivity index (χ3v) is 3.48. The van der Waals surface area contributed by atoms with Crippen LogP contribution in [0.25, 0.3) is 0 Å². The molecule has 23 heavy (non-hydrogen) atoms. The lowest BCUT2D eigenvalue weighted by molar-refractivity contribution is -0.141. The normalized spacial score (nSPS) is 15.7. The fraction of sp³-hybridized carbons (Fsp3) is 0.714. The largest absolute Gasteiger partial charge is 0.480 e. The van der Waals surface area contributed by atoms with E-state index in [1.165, 1.54) is 13.8 Å². The molecule has 0 saturated carbocycles. The first-order valence-electron chi connectivity index (χ1n) is 7.45. The molecule has 0 aromatic heterocycles. The third kappa shape index (κ3) is 7.59. The summed E-state index contributed by atoms with van der Waals surface area (Å²) in [4.78, 5) is 45.7. The molecular formula is C14H26N4O5. The monoisotopic (exact) mass is 330 g/mol. The van der Waals surface area contributed by atoms with E-state index < -0.39 is 41.8 Å². The van der Waals surface area contributed by atoms with E-state index in [0.29, 0.717) is 0 Å². The predicted molar refractivity (Wildman–Crippen MR) is 83.3 cm³/mol. The zero-order valence-electron chi connectivity index (χ0n) is 13.9. The van der Waals surface area contributed by atoms with Crippen molar-refractivity contribution in [2.24, 2.45) is 11.7 Å². The molecule has 6 N–H and O–H groups in total. The summed E-state index contributed by atoms with van der Waals surface area (Å²) in [5, 5.41) is 15.7. The van der Waals surface area contributed by atoms with Gasteiger partial charge in [0.05, 0.1) is 12.6 Å². The molecule has 0 aromatic carbocycles. The molecule has 0 radical (unpaired) electrons. The maximum absolute atomic E-state index is 11.7. The highest BCUT2D eigenvalue weighted by Gasteiger charge is 2.22. The highest BCUT2D eigenvalue weighted by atomic mass is 16.4. The predicted octanol–water partition coefficient (Wildman–Crippen LogP) is -1.43. The van der Waals surface area contributed by atoms with E-state index >= 15 is 0 Å². The summed E-state index contributed by atoms with van der Waals surface area (Å²) in [6, 6.07) is -2.69. The van der Waals surface area contributed by atoms with Gasteiger partial charge in [-0.05, 0) is 19.8 Å². The second-order valence-corrected chi connectivity index (χ2v) is 5.49. The Kier molecular flexibility index (Phi) is 8.86. The lowest BCUT2D eigenvalue weighted by Crippen LogP contribution is -2.52. The average molecular weight is 330 g/mol. The fourth-order valence-corrected chi connectivity index (χ4v) is 1.56. The van der Waals surface area contributed by atoms with Crippen molar-refractivity contribution < 1.29 is 24.3 Å². The maximum Gasteiger partial charge on any atom is 0.325 e. The van der Waals surface area contributed by atoms with E-state index in [-0.39, 0.29) is 12.5 Å². The van der Waals surface area contributed by atoms with Gasteiger partial charge >= 0.3 is 5.97 Å². The Morgan fingerprint density at radius 2 is 1.57 bits per heavy atom. The molecule has 132 valence electrons. The molecule has 3 amide bonds. The van der Waals surface area contributed by atoms with Crippen molar-refractivity contribution in [2.45, 2.75) is 52.2 Å². The lowest BCUT2D eigenvalue weighted by Gasteiger charge is -2.19. The van der Waals surface area contributed by atoms with E-state index in [4.69, 9.17) is 10.8 Å². The molecule has 9 heteroatoms. The van der Waals surface area contributed by atoms with Gasteiger partial charge in [-0.1, -0.05) is 20.3 Å². The van der Waals surface area contributed by atoms with Crippen LogP contribution in [0.4, 0.5) is 0 Å². The Hall–Kier alpha value is -2.16. The molecule has 0 aliphatic carbocycles. The van der Waals surface area contributed by atoms with Crippen molar-refractivity contribution >= 4 is 23.7 Å². The van der Waals surface area contributed by atoms with Crippen molar-refractivity contribution in [3.8, 4) is 0 Å². The number of rotatable bonds is 9. The molecule has 0 bridgehead atoms. The topological polar surface area (TPSA) is 151 Å². The molecule has 0 fully saturated rings. The van der Waals surface area contributed by atoms with Crippen LogP contribution in [0.2, 0.25) is 0 Å². The minimum Gasteiger partial charge on any atom is -0.480 e. The summed E-state index contributed by atoms with van der Waals surface area (Å²) in [7, 11) is 0. The van der Waals surface area contributed by atoms with Gasteiger partial charge in [0, 0.05) is 0 Å². The number of carbonyl (C=O) groups is 4. The van der Waals surface area contributed by atoms with Gasteiger partial charge in [0.1, 0.15) is 12.1 Å². The molecule has 0 saturated heterocycles.